The van der Waals surface area contributed by atoms with E-state index in [-0.39, 0.29) is 34.4 Å². The minimum absolute atomic E-state index is 0.00806. The highest BCUT2D eigenvalue weighted by Crippen LogP contribution is 2.52. The van der Waals surface area contributed by atoms with E-state index in [1.165, 1.54) is 7.11 Å². The van der Waals surface area contributed by atoms with E-state index >= 15 is 0 Å². The van der Waals surface area contributed by atoms with Crippen LogP contribution in [0.2, 0.25) is 0 Å². The SMILES string of the molecule is COc1cccc(C2C3=C(Oc4ccc5ccccc5c42)C(=O)c2ccccc2C3=O)c1O. The minimum Gasteiger partial charge on any atom is -0.504 e. The van der Waals surface area contributed by atoms with Gasteiger partial charge < -0.3 is 14.6 Å². The fraction of sp³-hybridized carbons (Fsp3) is 0.0714. The quantitative estimate of drug-likeness (QED) is 0.457. The standard InChI is InChI=1S/C28H18O5/c1-32-21-12-6-11-19(25(21)29)23-22-16-8-3-2-7-15(16)13-14-20(22)33-28-24(23)26(30)17-9-4-5-10-18(17)27(28)31/h2-14,23,29H,1H3. The molecular formula is C28H18O5. The predicted octanol–water partition coefficient (Wildman–Crippen LogP) is 5.41. The second-order valence-electron chi connectivity index (χ2n) is 8.08. The van der Waals surface area contributed by atoms with Gasteiger partial charge in [-0.2, -0.15) is 0 Å². The van der Waals surface area contributed by atoms with Gasteiger partial charge in [0, 0.05) is 28.2 Å². The van der Waals surface area contributed by atoms with Crippen molar-refractivity contribution in [2.75, 3.05) is 7.11 Å². The zero-order chi connectivity index (χ0) is 22.7. The molecule has 1 aliphatic carbocycles. The lowest BCUT2D eigenvalue weighted by atomic mass is 9.73. The lowest BCUT2D eigenvalue weighted by Gasteiger charge is -2.33. The van der Waals surface area contributed by atoms with E-state index in [9.17, 15) is 14.7 Å². The number of aromatic hydroxyl groups is 1. The Morgan fingerprint density at radius 2 is 1.55 bits per heavy atom. The van der Waals surface area contributed by atoms with E-state index < -0.39 is 5.92 Å². The van der Waals surface area contributed by atoms with Crippen LogP contribution in [0.5, 0.6) is 17.2 Å². The molecule has 0 saturated heterocycles. The van der Waals surface area contributed by atoms with E-state index in [0.717, 1.165) is 16.3 Å². The molecule has 0 amide bonds. The fourth-order valence-electron chi connectivity index (χ4n) is 4.90. The van der Waals surface area contributed by atoms with Crippen molar-refractivity contribution in [3.63, 3.8) is 0 Å². The molecule has 160 valence electrons. The Balaban J connectivity index is 1.72. The minimum atomic E-state index is -0.713. The van der Waals surface area contributed by atoms with Gasteiger partial charge in [0.15, 0.2) is 23.0 Å². The Labute approximate surface area is 189 Å². The molecule has 0 aromatic heterocycles. The number of carbonyl (C=O) groups excluding carboxylic acids is 2. The molecule has 1 unspecified atom stereocenters. The number of carbonyl (C=O) groups is 2. The molecular weight excluding hydrogens is 416 g/mol. The smallest absolute Gasteiger partial charge is 0.229 e. The van der Waals surface area contributed by atoms with Crippen molar-refractivity contribution >= 4 is 22.3 Å². The summed E-state index contributed by atoms with van der Waals surface area (Å²) in [7, 11) is 1.47. The van der Waals surface area contributed by atoms with Gasteiger partial charge in [-0.3, -0.25) is 9.59 Å². The lowest BCUT2D eigenvalue weighted by Crippen LogP contribution is -2.31. The summed E-state index contributed by atoms with van der Waals surface area (Å²) in [5, 5.41) is 12.9. The maximum atomic E-state index is 13.8. The normalized spacial score (nSPS) is 16.7. The lowest BCUT2D eigenvalue weighted by molar-refractivity contribution is 0.0927. The average Bonchev–Trinajstić information content (AvgIpc) is 2.86. The first kappa shape index (κ1) is 19.3. The van der Waals surface area contributed by atoms with Crippen molar-refractivity contribution in [2.24, 2.45) is 0 Å². The van der Waals surface area contributed by atoms with Gasteiger partial charge >= 0.3 is 0 Å². The first-order valence-corrected chi connectivity index (χ1v) is 10.6. The zero-order valence-corrected chi connectivity index (χ0v) is 17.7. The number of methoxy groups -OCH3 is 1. The molecule has 4 aromatic rings. The van der Waals surface area contributed by atoms with Crippen molar-refractivity contribution in [1.82, 2.24) is 0 Å². The Bertz CT molecular complexity index is 1530. The number of benzene rings is 4. The molecule has 0 bridgehead atoms. The highest BCUT2D eigenvalue weighted by molar-refractivity contribution is 6.27. The van der Waals surface area contributed by atoms with Gasteiger partial charge in [-0.15, -0.1) is 0 Å². The maximum absolute atomic E-state index is 13.8. The van der Waals surface area contributed by atoms with Crippen LogP contribution in [-0.2, 0) is 0 Å². The second-order valence-corrected chi connectivity index (χ2v) is 8.08. The van der Waals surface area contributed by atoms with Crippen LogP contribution in [0.25, 0.3) is 10.8 Å². The molecule has 2 aliphatic rings. The van der Waals surface area contributed by atoms with Gasteiger partial charge in [0.25, 0.3) is 0 Å². The number of rotatable bonds is 2. The molecule has 1 heterocycles. The van der Waals surface area contributed by atoms with Crippen LogP contribution in [0.3, 0.4) is 0 Å². The molecule has 5 nitrogen and oxygen atoms in total. The molecule has 0 fully saturated rings. The fourth-order valence-corrected chi connectivity index (χ4v) is 4.90. The molecule has 33 heavy (non-hydrogen) atoms. The number of fused-ring (bicyclic) bond motifs is 4. The van der Waals surface area contributed by atoms with Crippen LogP contribution < -0.4 is 9.47 Å². The summed E-state index contributed by atoms with van der Waals surface area (Å²) in [6.45, 7) is 0. The molecule has 4 aromatic carbocycles. The van der Waals surface area contributed by atoms with Gasteiger partial charge in [-0.25, -0.2) is 0 Å². The van der Waals surface area contributed by atoms with Crippen molar-refractivity contribution in [3.8, 4) is 17.2 Å². The van der Waals surface area contributed by atoms with Crippen molar-refractivity contribution < 1.29 is 24.2 Å². The van der Waals surface area contributed by atoms with Crippen LogP contribution >= 0.6 is 0 Å². The average molecular weight is 434 g/mol. The first-order chi connectivity index (χ1) is 16.1. The van der Waals surface area contributed by atoms with Crippen LogP contribution in [0, 0.1) is 0 Å². The summed E-state index contributed by atoms with van der Waals surface area (Å²) < 4.78 is 11.5. The van der Waals surface area contributed by atoms with Crippen LogP contribution in [0.4, 0.5) is 0 Å². The molecule has 0 saturated carbocycles. The van der Waals surface area contributed by atoms with Gasteiger partial charge in [0.2, 0.25) is 5.78 Å². The number of ether oxygens (including phenoxy) is 2. The van der Waals surface area contributed by atoms with Crippen molar-refractivity contribution in [3.05, 3.63) is 112 Å². The molecule has 5 heteroatoms. The van der Waals surface area contributed by atoms with E-state index in [4.69, 9.17) is 9.47 Å². The number of allylic oxidation sites excluding steroid dienone is 2. The summed E-state index contributed by atoms with van der Waals surface area (Å²) >= 11 is 0. The van der Waals surface area contributed by atoms with Gasteiger partial charge in [0.05, 0.1) is 12.7 Å². The first-order valence-electron chi connectivity index (χ1n) is 10.6. The Morgan fingerprint density at radius 1 is 0.818 bits per heavy atom. The third-order valence-electron chi connectivity index (χ3n) is 6.39. The number of phenolic OH excluding ortho intramolecular Hbond substituents is 1. The van der Waals surface area contributed by atoms with Crippen LogP contribution in [0.1, 0.15) is 37.8 Å². The monoisotopic (exact) mass is 434 g/mol. The predicted molar refractivity (Wildman–Crippen MR) is 123 cm³/mol. The van der Waals surface area contributed by atoms with Crippen molar-refractivity contribution in [1.29, 1.82) is 0 Å². The number of Topliss-reactive ketones (excluding diaryl/α,β-unsaturated/α-hetero) is 2. The second kappa shape index (κ2) is 7.07. The number of hydrogen-bond acceptors (Lipinski definition) is 5. The molecule has 1 aliphatic heterocycles. The van der Waals surface area contributed by atoms with Crippen LogP contribution in [0.15, 0.2) is 90.2 Å². The highest BCUT2D eigenvalue weighted by Gasteiger charge is 2.44. The Hall–Kier alpha value is -4.38. The van der Waals surface area contributed by atoms with Gasteiger partial charge in [0.1, 0.15) is 5.75 Å². The molecule has 0 radical (unpaired) electrons. The Kier molecular flexibility index (Phi) is 4.14. The third kappa shape index (κ3) is 2.66. The summed E-state index contributed by atoms with van der Waals surface area (Å²) in [5.41, 5.74) is 2.09. The van der Waals surface area contributed by atoms with Crippen molar-refractivity contribution in [2.45, 2.75) is 5.92 Å². The molecule has 1 N–H and O–H groups in total. The number of hydrogen-bond donors (Lipinski definition) is 1. The summed E-state index contributed by atoms with van der Waals surface area (Å²) in [4.78, 5) is 27.2. The van der Waals surface area contributed by atoms with Gasteiger partial charge in [-0.05, 0) is 22.9 Å². The van der Waals surface area contributed by atoms with Gasteiger partial charge in [-0.1, -0.05) is 66.7 Å². The van der Waals surface area contributed by atoms with E-state index in [1.54, 1.807) is 42.5 Å². The van der Waals surface area contributed by atoms with E-state index in [2.05, 4.69) is 0 Å². The largest absolute Gasteiger partial charge is 0.504 e. The van der Waals surface area contributed by atoms with E-state index in [1.807, 2.05) is 36.4 Å². The summed E-state index contributed by atoms with van der Waals surface area (Å²) in [6, 6.07) is 23.4. The zero-order valence-electron chi connectivity index (χ0n) is 17.7. The van der Waals surface area contributed by atoms with Crippen LogP contribution in [-0.4, -0.2) is 23.8 Å². The topological polar surface area (TPSA) is 72.8 Å². The Morgan fingerprint density at radius 3 is 2.33 bits per heavy atom. The molecule has 0 spiro atoms. The number of para-hydroxylation sites is 1. The number of phenols is 1. The van der Waals surface area contributed by atoms with E-state index in [0.29, 0.717) is 22.4 Å². The molecule has 6 rings (SSSR count). The summed E-state index contributed by atoms with van der Waals surface area (Å²) in [5.74, 6) is -0.629. The highest BCUT2D eigenvalue weighted by atomic mass is 16.5. The number of ketones is 2. The molecule has 1 atom stereocenters. The third-order valence-corrected chi connectivity index (χ3v) is 6.39. The maximum Gasteiger partial charge on any atom is 0.229 e. The summed E-state index contributed by atoms with van der Waals surface area (Å²) in [6.07, 6.45) is 0.